The minimum Gasteiger partial charge on any atom is -0.852 e. The van der Waals surface area contributed by atoms with Gasteiger partial charge in [0.1, 0.15) is 58.2 Å². The van der Waals surface area contributed by atoms with Gasteiger partial charge in [0.2, 0.25) is 5.91 Å². The van der Waals surface area contributed by atoms with Crippen molar-refractivity contribution < 1.29 is 38.3 Å². The summed E-state index contributed by atoms with van der Waals surface area (Å²) in [7, 11) is 0. The maximum Gasteiger partial charge on any atom is 0.272 e. The molecule has 0 saturated carbocycles. The van der Waals surface area contributed by atoms with Gasteiger partial charge in [-0.3, -0.25) is 9.59 Å². The van der Waals surface area contributed by atoms with E-state index in [4.69, 9.17) is 10.5 Å². The van der Waals surface area contributed by atoms with Crippen LogP contribution in [-0.4, -0.2) is 96.2 Å². The molecule has 4 atom stereocenters. The van der Waals surface area contributed by atoms with Crippen LogP contribution in [0.25, 0.3) is 0 Å². The summed E-state index contributed by atoms with van der Waals surface area (Å²) in [6, 6.07) is 5.47. The number of nitrogens with zero attached hydrogens (tertiary/aromatic N) is 3. The van der Waals surface area contributed by atoms with E-state index in [0.717, 1.165) is 58.3 Å². The Morgan fingerprint density at radius 1 is 1.19 bits per heavy atom. The fraction of sp³-hybridized carbons (Fsp3) is 0.577. The molecular formula is C26H33IN4O6. The number of carboxylic acid groups (broad SMARTS) is 1. The van der Waals surface area contributed by atoms with E-state index < -0.39 is 29.9 Å². The van der Waals surface area contributed by atoms with Crippen molar-refractivity contribution in [2.24, 2.45) is 17.6 Å². The van der Waals surface area contributed by atoms with Gasteiger partial charge in [0.25, 0.3) is 5.91 Å². The van der Waals surface area contributed by atoms with Crippen molar-refractivity contribution in [2.75, 3.05) is 52.4 Å². The van der Waals surface area contributed by atoms with Crippen molar-refractivity contribution >= 4 is 40.4 Å². The number of hydrogen-bond acceptors (Lipinski definition) is 6. The molecule has 5 heterocycles. The zero-order chi connectivity index (χ0) is 26.7. The van der Waals surface area contributed by atoms with Gasteiger partial charge in [-0.15, -0.1) is 6.10 Å². The number of aliphatic carboxylic acids is 1. The van der Waals surface area contributed by atoms with E-state index in [0.29, 0.717) is 17.9 Å². The number of carbonyl (C=O) groups excluding carboxylic acids is 3. The minimum atomic E-state index is -1.42. The maximum absolute atomic E-state index is 12.5. The Morgan fingerprint density at radius 3 is 2.38 bits per heavy atom. The van der Waals surface area contributed by atoms with Gasteiger partial charge in [-0.1, -0.05) is 26.0 Å². The van der Waals surface area contributed by atoms with Gasteiger partial charge in [0.15, 0.2) is 6.54 Å². The van der Waals surface area contributed by atoms with Crippen molar-refractivity contribution in [3.8, 4) is 5.75 Å². The second kappa shape index (κ2) is 9.51. The van der Waals surface area contributed by atoms with E-state index in [1.165, 1.54) is 17.4 Å². The molecule has 11 heteroatoms. The second-order valence-corrected chi connectivity index (χ2v) is 12.3. The molecule has 0 radical (unpaired) electrons. The number of benzene rings is 1. The Kier molecular flexibility index (Phi) is 6.78. The van der Waals surface area contributed by atoms with Gasteiger partial charge in [-0.25, -0.2) is 0 Å². The molecule has 4 fully saturated rings. The number of piperazine rings is 3. The van der Waals surface area contributed by atoms with E-state index in [2.05, 4.69) is 28.7 Å². The summed E-state index contributed by atoms with van der Waals surface area (Å²) in [5.41, 5.74) is 7.01. The lowest BCUT2D eigenvalue weighted by atomic mass is 9.78. The number of primary amides is 1. The molecule has 2 amide bonds. The Hall–Kier alpha value is -2.22. The molecule has 10 nitrogen and oxygen atoms in total. The third-order valence-electron chi connectivity index (χ3n) is 9.06. The van der Waals surface area contributed by atoms with Crippen LogP contribution in [0.2, 0.25) is 0 Å². The van der Waals surface area contributed by atoms with E-state index >= 15 is 0 Å². The fourth-order valence-electron chi connectivity index (χ4n) is 6.87. The highest BCUT2D eigenvalue weighted by molar-refractivity contribution is 14.1. The molecular weight excluding hydrogens is 591 g/mol. The first-order valence-corrected chi connectivity index (χ1v) is 13.9. The number of carbonyl (C=O) groups is 3. The fourth-order valence-corrected chi connectivity index (χ4v) is 7.55. The summed E-state index contributed by atoms with van der Waals surface area (Å²) in [5.74, 6) is -2.46. The van der Waals surface area contributed by atoms with Gasteiger partial charge in [-0.05, 0) is 34.2 Å². The lowest BCUT2D eigenvalue weighted by Crippen LogP contribution is -2.75. The average Bonchev–Trinajstić information content (AvgIpc) is 3.08. The van der Waals surface area contributed by atoms with Gasteiger partial charge in [0, 0.05) is 17.4 Å². The molecule has 5 aliphatic rings. The van der Waals surface area contributed by atoms with E-state index in [1.807, 2.05) is 19.1 Å². The molecule has 1 aromatic rings. The number of hydrogen-bond donors (Lipinski definition) is 1. The van der Waals surface area contributed by atoms with Crippen LogP contribution in [0, 0.1) is 15.4 Å². The Labute approximate surface area is 230 Å². The standard InChI is InChI=1S/C26H33IN4O6/c1-15-18(24(26(35)36)29-23(15)21(16(2)32)25(29)34)14-37-19-5-3-4-17(22(19)27)12-30-6-9-31(10-7-30,11-8-30)13-20(28)33/h3-5,15-16,21,23H,6-14H2,1-2H3,(H2-,28,33,35,36)/t15?,16?,21-,23-,30?,31?/m1/s1. The van der Waals surface area contributed by atoms with Crippen LogP contribution >= 0.6 is 22.6 Å². The molecule has 0 aromatic heterocycles. The van der Waals surface area contributed by atoms with Crippen molar-refractivity contribution in [3.05, 3.63) is 38.6 Å². The molecule has 6 rings (SSSR count). The monoisotopic (exact) mass is 624 g/mol. The van der Waals surface area contributed by atoms with Crippen molar-refractivity contribution in [1.29, 1.82) is 0 Å². The van der Waals surface area contributed by atoms with Gasteiger partial charge in [0.05, 0.1) is 21.3 Å². The normalized spacial score (nSPS) is 33.2. The first kappa shape index (κ1) is 26.4. The Balaban J connectivity index is 1.30. The highest BCUT2D eigenvalue weighted by atomic mass is 127. The third-order valence-corrected chi connectivity index (χ3v) is 10.3. The van der Waals surface area contributed by atoms with Crippen molar-refractivity contribution in [1.82, 2.24) is 4.90 Å². The average molecular weight is 624 g/mol. The number of carboxylic acids is 1. The summed E-state index contributed by atoms with van der Waals surface area (Å²) >= 11 is 2.29. The predicted octanol–water partition coefficient (Wildman–Crippen LogP) is -1.45. The topological polar surface area (TPSA) is 136 Å². The number of fused-ring (bicyclic) bond motifs is 4. The maximum atomic E-state index is 12.5. The number of nitrogens with two attached hydrogens (primary N) is 1. The summed E-state index contributed by atoms with van der Waals surface area (Å²) in [6.07, 6.45) is -1.10. The van der Waals surface area contributed by atoms with Crippen LogP contribution in [0.3, 0.4) is 0 Å². The van der Waals surface area contributed by atoms with Crippen molar-refractivity contribution in [3.63, 3.8) is 0 Å². The SMILES string of the molecule is CC([O-])[C@H]1C(=O)N2C(C(=O)[O-])=C(COc3cccc(C[N+]45CC[N+](CC(N)=O)(CC4)CC5)c3I)C(C)[C@H]12. The highest BCUT2D eigenvalue weighted by Gasteiger charge is 2.56. The lowest BCUT2D eigenvalue weighted by Gasteiger charge is -2.55. The van der Waals surface area contributed by atoms with Crippen LogP contribution in [-0.2, 0) is 20.9 Å². The molecule has 4 saturated heterocycles. The van der Waals surface area contributed by atoms with Crippen LogP contribution < -0.4 is 20.7 Å². The van der Waals surface area contributed by atoms with Gasteiger partial charge < -0.3 is 39.3 Å². The third kappa shape index (κ3) is 4.43. The van der Waals surface area contributed by atoms with Crippen LogP contribution in [0.5, 0.6) is 5.75 Å². The number of ether oxygens (including phenoxy) is 1. The summed E-state index contributed by atoms with van der Waals surface area (Å²) in [4.78, 5) is 37.2. The van der Waals surface area contributed by atoms with E-state index in [-0.39, 0.29) is 24.1 Å². The summed E-state index contributed by atoms with van der Waals surface area (Å²) in [5, 5.41) is 24.0. The number of halogens is 1. The summed E-state index contributed by atoms with van der Waals surface area (Å²) < 4.78 is 8.92. The molecule has 0 aliphatic carbocycles. The second-order valence-electron chi connectivity index (χ2n) is 11.2. The Morgan fingerprint density at radius 2 is 1.81 bits per heavy atom. The number of quaternary nitrogens is 2. The molecule has 0 spiro atoms. The largest absolute Gasteiger partial charge is 0.852 e. The molecule has 2 N–H and O–H groups in total. The van der Waals surface area contributed by atoms with Crippen LogP contribution in [0.4, 0.5) is 0 Å². The summed E-state index contributed by atoms with van der Waals surface area (Å²) in [6.45, 7) is 10.4. The first-order chi connectivity index (χ1) is 17.5. The number of β-lactam (4-membered cyclic amide) rings is 1. The molecule has 37 heavy (non-hydrogen) atoms. The quantitative estimate of drug-likeness (QED) is 0.203. The number of amides is 2. The molecule has 1 aromatic carbocycles. The van der Waals surface area contributed by atoms with Crippen molar-refractivity contribution in [2.45, 2.75) is 32.5 Å². The van der Waals surface area contributed by atoms with Crippen LogP contribution in [0.1, 0.15) is 19.4 Å². The van der Waals surface area contributed by atoms with E-state index in [1.54, 1.807) is 0 Å². The zero-order valence-corrected chi connectivity index (χ0v) is 23.3. The molecule has 5 aliphatic heterocycles. The Bertz CT molecular complexity index is 1160. The first-order valence-electron chi connectivity index (χ1n) is 12.8. The predicted molar refractivity (Wildman–Crippen MR) is 137 cm³/mol. The lowest BCUT2D eigenvalue weighted by molar-refractivity contribution is -1.08. The molecule has 2 bridgehead atoms. The molecule has 2 unspecified atom stereocenters. The van der Waals surface area contributed by atoms with Gasteiger partial charge in [-0.2, -0.15) is 0 Å². The van der Waals surface area contributed by atoms with E-state index in [9.17, 15) is 24.6 Å². The highest BCUT2D eigenvalue weighted by Crippen LogP contribution is 2.46. The smallest absolute Gasteiger partial charge is 0.272 e. The van der Waals surface area contributed by atoms with Gasteiger partial charge >= 0.3 is 0 Å². The minimum absolute atomic E-state index is 0.0112. The molecule has 200 valence electrons. The van der Waals surface area contributed by atoms with Crippen LogP contribution in [0.15, 0.2) is 29.5 Å². The zero-order valence-electron chi connectivity index (χ0n) is 21.2. The number of rotatable bonds is 9.